The molecule has 2 aliphatic heterocycles. The second-order valence-electron chi connectivity index (χ2n) is 8.76. The summed E-state index contributed by atoms with van der Waals surface area (Å²) in [6, 6.07) is 8.00. The number of aromatic nitrogens is 2. The zero-order chi connectivity index (χ0) is 23.5. The van der Waals surface area contributed by atoms with Gasteiger partial charge in [0.05, 0.1) is 6.54 Å². The van der Waals surface area contributed by atoms with Crippen molar-refractivity contribution in [1.82, 2.24) is 19.8 Å². The predicted molar refractivity (Wildman–Crippen MR) is 125 cm³/mol. The van der Waals surface area contributed by atoms with Gasteiger partial charge in [0.2, 0.25) is 11.6 Å². The molecule has 3 heterocycles. The highest BCUT2D eigenvalue weighted by Gasteiger charge is 2.35. The highest BCUT2D eigenvalue weighted by Crippen LogP contribution is 2.30. The molecule has 0 aliphatic carbocycles. The van der Waals surface area contributed by atoms with E-state index in [0.717, 1.165) is 37.2 Å². The van der Waals surface area contributed by atoms with E-state index in [1.165, 1.54) is 22.6 Å². The summed E-state index contributed by atoms with van der Waals surface area (Å²) in [4.78, 5) is 51.9. The molecule has 1 aromatic heterocycles. The normalized spacial score (nSPS) is 16.2. The molecule has 0 radical (unpaired) electrons. The van der Waals surface area contributed by atoms with Crippen molar-refractivity contribution in [2.75, 3.05) is 37.3 Å². The van der Waals surface area contributed by atoms with Crippen LogP contribution < -0.4 is 10.6 Å². The number of carbonyl (C=O) groups excluding carboxylic acids is 3. The molecule has 0 spiro atoms. The lowest BCUT2D eigenvalue weighted by atomic mass is 10.0. The number of benzene rings is 1. The summed E-state index contributed by atoms with van der Waals surface area (Å²) in [5, 5.41) is 0. The molecular weight excluding hydrogens is 420 g/mol. The Morgan fingerprint density at radius 3 is 2.52 bits per heavy atom. The largest absolute Gasteiger partial charge is 0.383 e. The molecule has 0 unspecified atom stereocenters. The highest BCUT2D eigenvalue weighted by atomic mass is 16.2. The van der Waals surface area contributed by atoms with Crippen LogP contribution in [0, 0.1) is 0 Å². The second-order valence-corrected chi connectivity index (χ2v) is 8.76. The van der Waals surface area contributed by atoms with Crippen LogP contribution in [0.15, 0.2) is 24.3 Å². The van der Waals surface area contributed by atoms with E-state index >= 15 is 0 Å². The van der Waals surface area contributed by atoms with Crippen molar-refractivity contribution in [3.8, 4) is 0 Å². The van der Waals surface area contributed by atoms with Crippen molar-refractivity contribution in [2.45, 2.75) is 45.7 Å². The van der Waals surface area contributed by atoms with E-state index < -0.39 is 11.7 Å². The van der Waals surface area contributed by atoms with Crippen LogP contribution in [0.25, 0.3) is 0 Å². The Hall–Kier alpha value is -3.33. The molecule has 1 fully saturated rings. The van der Waals surface area contributed by atoms with E-state index in [4.69, 9.17) is 5.73 Å². The smallest absolute Gasteiger partial charge is 0.296 e. The van der Waals surface area contributed by atoms with E-state index in [1.807, 2.05) is 19.1 Å². The van der Waals surface area contributed by atoms with Gasteiger partial charge in [0.1, 0.15) is 11.6 Å². The van der Waals surface area contributed by atoms with Crippen molar-refractivity contribution in [1.29, 1.82) is 0 Å². The molecule has 2 aromatic rings. The van der Waals surface area contributed by atoms with E-state index in [2.05, 4.69) is 27.0 Å². The van der Waals surface area contributed by atoms with Crippen LogP contribution in [0.2, 0.25) is 0 Å². The highest BCUT2D eigenvalue weighted by molar-refractivity contribution is 6.43. The number of nitrogens with two attached hydrogens (primary N) is 1. The van der Waals surface area contributed by atoms with Gasteiger partial charge >= 0.3 is 0 Å². The summed E-state index contributed by atoms with van der Waals surface area (Å²) in [7, 11) is 1.67. The molecule has 2 amide bonds. The van der Waals surface area contributed by atoms with Gasteiger partial charge in [-0.1, -0.05) is 31.2 Å². The molecule has 2 aliphatic rings. The third-order valence-corrected chi connectivity index (χ3v) is 6.13. The SMILES string of the molecule is CCCN(C)C(=O)c1nc(N)c2c(n1)N(Cc1cccc(CN3CCCC3)c1)C(=O)C(=O)C2. The molecule has 33 heavy (non-hydrogen) atoms. The van der Waals surface area contributed by atoms with Crippen molar-refractivity contribution in [3.63, 3.8) is 0 Å². The first kappa shape index (κ1) is 22.8. The predicted octanol–water partition coefficient (Wildman–Crippen LogP) is 1.79. The lowest BCUT2D eigenvalue weighted by molar-refractivity contribution is -0.136. The Bertz CT molecular complexity index is 1080. The summed E-state index contributed by atoms with van der Waals surface area (Å²) in [6.07, 6.45) is 3.06. The Balaban J connectivity index is 1.64. The number of nitrogen functional groups attached to an aromatic ring is 1. The van der Waals surface area contributed by atoms with Crippen molar-refractivity contribution in [2.24, 2.45) is 0 Å². The van der Waals surface area contributed by atoms with Gasteiger partial charge in [0.15, 0.2) is 0 Å². The summed E-state index contributed by atoms with van der Waals surface area (Å²) in [5.74, 6) is -1.35. The van der Waals surface area contributed by atoms with Crippen LogP contribution in [0.3, 0.4) is 0 Å². The Morgan fingerprint density at radius 2 is 1.82 bits per heavy atom. The van der Waals surface area contributed by atoms with Crippen LogP contribution in [0.5, 0.6) is 0 Å². The lowest BCUT2D eigenvalue weighted by Gasteiger charge is -2.28. The minimum absolute atomic E-state index is 0.0573. The number of Topliss-reactive ketones (excluding diaryl/α,β-unsaturated/α-hetero) is 1. The molecular formula is C24H30N6O3. The Kier molecular flexibility index (Phi) is 6.69. The van der Waals surface area contributed by atoms with Gasteiger partial charge in [-0.2, -0.15) is 0 Å². The summed E-state index contributed by atoms with van der Waals surface area (Å²) in [5.41, 5.74) is 8.55. The number of hydrogen-bond donors (Lipinski definition) is 1. The monoisotopic (exact) mass is 450 g/mol. The van der Waals surface area contributed by atoms with Crippen molar-refractivity contribution < 1.29 is 14.4 Å². The first-order chi connectivity index (χ1) is 15.9. The fraction of sp³-hybridized carbons (Fsp3) is 0.458. The van der Waals surface area contributed by atoms with Crippen LogP contribution in [-0.2, 0) is 29.1 Å². The minimum Gasteiger partial charge on any atom is -0.383 e. The average Bonchev–Trinajstić information content (AvgIpc) is 3.30. The van der Waals surface area contributed by atoms with E-state index in [9.17, 15) is 14.4 Å². The average molecular weight is 451 g/mol. The number of anilines is 2. The molecule has 9 nitrogen and oxygen atoms in total. The molecule has 1 saturated heterocycles. The van der Waals surface area contributed by atoms with E-state index in [-0.39, 0.29) is 36.3 Å². The van der Waals surface area contributed by atoms with Gasteiger partial charge in [-0.15, -0.1) is 0 Å². The number of carbonyl (C=O) groups is 3. The number of nitrogens with zero attached hydrogens (tertiary/aromatic N) is 5. The minimum atomic E-state index is -0.647. The maximum absolute atomic E-state index is 12.9. The van der Waals surface area contributed by atoms with Crippen LogP contribution >= 0.6 is 0 Å². The quantitative estimate of drug-likeness (QED) is 0.640. The number of hydrogen-bond acceptors (Lipinski definition) is 7. The van der Waals surface area contributed by atoms with Gasteiger partial charge in [0.25, 0.3) is 11.8 Å². The van der Waals surface area contributed by atoms with E-state index in [0.29, 0.717) is 12.1 Å². The third kappa shape index (κ3) is 4.88. The first-order valence-corrected chi connectivity index (χ1v) is 11.4. The summed E-state index contributed by atoms with van der Waals surface area (Å²) < 4.78 is 0. The van der Waals surface area contributed by atoms with Crippen molar-refractivity contribution in [3.05, 3.63) is 46.8 Å². The molecule has 2 N–H and O–H groups in total. The fourth-order valence-electron chi connectivity index (χ4n) is 4.42. The number of rotatable bonds is 7. The zero-order valence-electron chi connectivity index (χ0n) is 19.2. The molecule has 4 rings (SSSR count). The van der Waals surface area contributed by atoms with Gasteiger partial charge in [-0.05, 0) is 43.5 Å². The second kappa shape index (κ2) is 9.66. The lowest BCUT2D eigenvalue weighted by Crippen LogP contribution is -2.43. The third-order valence-electron chi connectivity index (χ3n) is 6.13. The number of fused-ring (bicyclic) bond motifs is 1. The Morgan fingerprint density at radius 1 is 1.12 bits per heavy atom. The van der Waals surface area contributed by atoms with Gasteiger partial charge < -0.3 is 10.6 Å². The summed E-state index contributed by atoms with van der Waals surface area (Å²) >= 11 is 0. The molecule has 9 heteroatoms. The van der Waals surface area contributed by atoms with Crippen molar-refractivity contribution >= 4 is 29.2 Å². The molecule has 0 saturated carbocycles. The number of amides is 2. The standard InChI is InChI=1S/C24H30N6O3/c1-3-9-28(2)24(33)21-26-20(25)18-13-19(31)23(32)30(22(18)27-21)15-17-8-6-7-16(12-17)14-29-10-4-5-11-29/h6-8,12H,3-5,9-11,13-15H2,1-2H3,(H2,25,26,27). The van der Waals surface area contributed by atoms with Crippen LogP contribution in [0.4, 0.5) is 11.6 Å². The maximum atomic E-state index is 12.9. The maximum Gasteiger partial charge on any atom is 0.296 e. The topological polar surface area (TPSA) is 113 Å². The number of likely N-dealkylation sites (tertiary alicyclic amines) is 1. The molecule has 1 aromatic carbocycles. The van der Waals surface area contributed by atoms with E-state index in [1.54, 1.807) is 7.05 Å². The first-order valence-electron chi connectivity index (χ1n) is 11.4. The van der Waals surface area contributed by atoms with Gasteiger partial charge in [-0.3, -0.25) is 24.2 Å². The fourth-order valence-corrected chi connectivity index (χ4v) is 4.42. The van der Waals surface area contributed by atoms with Gasteiger partial charge in [0, 0.05) is 32.1 Å². The molecule has 0 atom stereocenters. The number of ketones is 1. The van der Waals surface area contributed by atoms with Gasteiger partial charge in [-0.25, -0.2) is 9.97 Å². The molecule has 0 bridgehead atoms. The van der Waals surface area contributed by atoms with Crippen LogP contribution in [0.1, 0.15) is 53.5 Å². The molecule has 174 valence electrons. The Labute approximate surface area is 193 Å². The summed E-state index contributed by atoms with van der Waals surface area (Å²) in [6.45, 7) is 5.72. The zero-order valence-corrected chi connectivity index (χ0v) is 19.2. The van der Waals surface area contributed by atoms with Crippen LogP contribution in [-0.4, -0.2) is 64.0 Å².